The molecule has 0 saturated heterocycles. The molecular formula is C13H23N3O2. The number of ether oxygens (including phenoxy) is 2. The van der Waals surface area contributed by atoms with Crippen molar-refractivity contribution >= 4 is 5.69 Å². The molecule has 0 aromatic carbocycles. The van der Waals surface area contributed by atoms with Crippen LogP contribution in [0.5, 0.6) is 0 Å². The molecule has 1 rings (SSSR count). The monoisotopic (exact) mass is 253 g/mol. The third kappa shape index (κ3) is 5.44. The average Bonchev–Trinajstić information content (AvgIpc) is 2.39. The summed E-state index contributed by atoms with van der Waals surface area (Å²) >= 11 is 0. The van der Waals surface area contributed by atoms with Gasteiger partial charge in [-0.05, 0) is 31.5 Å². The highest BCUT2D eigenvalue weighted by Gasteiger charge is 2.09. The van der Waals surface area contributed by atoms with Gasteiger partial charge in [-0.1, -0.05) is 0 Å². The Bertz CT molecular complexity index is 334. The number of aromatic nitrogens is 1. The van der Waals surface area contributed by atoms with Crippen LogP contribution in [0.2, 0.25) is 0 Å². The van der Waals surface area contributed by atoms with Crippen molar-refractivity contribution in [3.8, 4) is 0 Å². The van der Waals surface area contributed by atoms with E-state index in [9.17, 15) is 0 Å². The van der Waals surface area contributed by atoms with Crippen molar-refractivity contribution in [2.45, 2.75) is 18.9 Å². The van der Waals surface area contributed by atoms with E-state index in [0.29, 0.717) is 19.3 Å². The molecule has 102 valence electrons. The Morgan fingerprint density at radius 3 is 2.89 bits per heavy atom. The summed E-state index contributed by atoms with van der Waals surface area (Å²) in [5.74, 6) is 0. The zero-order valence-electron chi connectivity index (χ0n) is 11.2. The fourth-order valence-corrected chi connectivity index (χ4v) is 1.69. The van der Waals surface area contributed by atoms with Crippen molar-refractivity contribution in [1.29, 1.82) is 0 Å². The van der Waals surface area contributed by atoms with E-state index in [1.807, 2.05) is 19.3 Å². The summed E-state index contributed by atoms with van der Waals surface area (Å²) in [6.45, 7) is 2.00. The number of rotatable bonds is 9. The number of hydrogen-bond donors (Lipinski definition) is 2. The molecule has 0 bridgehead atoms. The molecule has 3 N–H and O–H groups in total. The number of nitrogens with zero attached hydrogens (tertiary/aromatic N) is 1. The van der Waals surface area contributed by atoms with E-state index in [-0.39, 0.29) is 0 Å². The topological polar surface area (TPSA) is 69.4 Å². The molecule has 0 fully saturated rings. The molecule has 0 amide bonds. The Morgan fingerprint density at radius 2 is 2.22 bits per heavy atom. The Balaban J connectivity index is 2.31. The van der Waals surface area contributed by atoms with Gasteiger partial charge >= 0.3 is 0 Å². The molecule has 1 aromatic rings. The summed E-state index contributed by atoms with van der Waals surface area (Å²) in [6, 6.07) is 2.18. The molecule has 0 aliphatic rings. The maximum absolute atomic E-state index is 5.90. The SMILES string of the molecule is CNC(CCOCCOC)Cc1cnccc1N. The molecule has 5 heteroatoms. The lowest BCUT2D eigenvalue weighted by Crippen LogP contribution is -2.29. The molecule has 0 aliphatic heterocycles. The summed E-state index contributed by atoms with van der Waals surface area (Å²) in [7, 11) is 3.62. The fourth-order valence-electron chi connectivity index (χ4n) is 1.69. The van der Waals surface area contributed by atoms with Crippen molar-refractivity contribution in [2.24, 2.45) is 0 Å². The predicted molar refractivity (Wildman–Crippen MR) is 72.5 cm³/mol. The number of hydrogen-bond acceptors (Lipinski definition) is 5. The van der Waals surface area contributed by atoms with Gasteiger partial charge in [0.1, 0.15) is 0 Å². The number of methoxy groups -OCH3 is 1. The molecule has 1 unspecified atom stereocenters. The van der Waals surface area contributed by atoms with E-state index in [1.165, 1.54) is 0 Å². The lowest BCUT2D eigenvalue weighted by Gasteiger charge is -2.17. The van der Waals surface area contributed by atoms with Crippen molar-refractivity contribution in [1.82, 2.24) is 10.3 Å². The predicted octanol–water partition coefficient (Wildman–Crippen LogP) is 0.847. The Kier molecular flexibility index (Phi) is 7.32. The summed E-state index contributed by atoms with van der Waals surface area (Å²) in [4.78, 5) is 4.10. The van der Waals surface area contributed by atoms with Gasteiger partial charge in [0.15, 0.2) is 0 Å². The van der Waals surface area contributed by atoms with Gasteiger partial charge in [0.25, 0.3) is 0 Å². The van der Waals surface area contributed by atoms with Crippen LogP contribution in [-0.2, 0) is 15.9 Å². The first-order valence-corrected chi connectivity index (χ1v) is 6.20. The van der Waals surface area contributed by atoms with Gasteiger partial charge in [-0.25, -0.2) is 0 Å². The maximum atomic E-state index is 5.90. The average molecular weight is 253 g/mol. The summed E-state index contributed by atoms with van der Waals surface area (Å²) in [6.07, 6.45) is 5.34. The highest BCUT2D eigenvalue weighted by Crippen LogP contribution is 2.12. The smallest absolute Gasteiger partial charge is 0.0700 e. The third-order valence-corrected chi connectivity index (χ3v) is 2.86. The lowest BCUT2D eigenvalue weighted by molar-refractivity contribution is 0.0661. The molecule has 0 aliphatic carbocycles. The van der Waals surface area contributed by atoms with E-state index in [4.69, 9.17) is 15.2 Å². The summed E-state index contributed by atoms with van der Waals surface area (Å²) < 4.78 is 10.4. The van der Waals surface area contributed by atoms with Gasteiger partial charge in [-0.2, -0.15) is 0 Å². The van der Waals surface area contributed by atoms with Crippen LogP contribution in [0.3, 0.4) is 0 Å². The summed E-state index contributed by atoms with van der Waals surface area (Å²) in [5, 5.41) is 3.27. The zero-order valence-corrected chi connectivity index (χ0v) is 11.2. The van der Waals surface area contributed by atoms with Gasteiger partial charge in [-0.3, -0.25) is 4.98 Å². The first kappa shape index (κ1) is 14.9. The highest BCUT2D eigenvalue weighted by atomic mass is 16.5. The van der Waals surface area contributed by atoms with Crippen LogP contribution in [0.1, 0.15) is 12.0 Å². The van der Waals surface area contributed by atoms with Crippen LogP contribution in [-0.4, -0.2) is 45.0 Å². The van der Waals surface area contributed by atoms with Gasteiger partial charge in [-0.15, -0.1) is 0 Å². The second-order valence-electron chi connectivity index (χ2n) is 4.16. The molecule has 5 nitrogen and oxygen atoms in total. The fraction of sp³-hybridized carbons (Fsp3) is 0.615. The van der Waals surface area contributed by atoms with Crippen molar-refractivity contribution in [2.75, 3.05) is 39.7 Å². The van der Waals surface area contributed by atoms with E-state index in [1.54, 1.807) is 13.3 Å². The number of pyridine rings is 1. The molecule has 1 atom stereocenters. The number of likely N-dealkylation sites (N-methyl/N-ethyl adjacent to an activating group) is 1. The minimum Gasteiger partial charge on any atom is -0.398 e. The number of nitrogen functional groups attached to an aromatic ring is 1. The van der Waals surface area contributed by atoms with Crippen molar-refractivity contribution in [3.63, 3.8) is 0 Å². The number of anilines is 1. The zero-order chi connectivity index (χ0) is 13.2. The van der Waals surface area contributed by atoms with Gasteiger partial charge < -0.3 is 20.5 Å². The standard InChI is InChI=1S/C13H23N3O2/c1-15-12(4-6-18-8-7-17-2)9-11-10-16-5-3-13(11)14/h3,5,10,12,15H,4,6-9H2,1-2H3,(H2,14,16). The lowest BCUT2D eigenvalue weighted by atomic mass is 10.0. The molecule has 0 spiro atoms. The van der Waals surface area contributed by atoms with Gasteiger partial charge in [0.05, 0.1) is 13.2 Å². The van der Waals surface area contributed by atoms with Gasteiger partial charge in [0.2, 0.25) is 0 Å². The number of nitrogens with one attached hydrogen (secondary N) is 1. The third-order valence-electron chi connectivity index (χ3n) is 2.86. The Morgan fingerprint density at radius 1 is 1.39 bits per heavy atom. The normalized spacial score (nSPS) is 12.6. The second-order valence-corrected chi connectivity index (χ2v) is 4.16. The second kappa shape index (κ2) is 8.85. The molecule has 0 saturated carbocycles. The quantitative estimate of drug-likeness (QED) is 0.638. The van der Waals surface area contributed by atoms with E-state index in [0.717, 1.165) is 30.7 Å². The number of nitrogens with two attached hydrogens (primary N) is 1. The van der Waals surface area contributed by atoms with Gasteiger partial charge in [0, 0.05) is 37.8 Å². The minimum absolute atomic E-state index is 0.346. The van der Waals surface area contributed by atoms with E-state index >= 15 is 0 Å². The minimum atomic E-state index is 0.346. The molecule has 0 radical (unpaired) electrons. The van der Waals surface area contributed by atoms with E-state index < -0.39 is 0 Å². The maximum Gasteiger partial charge on any atom is 0.0700 e. The first-order chi connectivity index (χ1) is 8.77. The van der Waals surface area contributed by atoms with Crippen LogP contribution < -0.4 is 11.1 Å². The first-order valence-electron chi connectivity index (χ1n) is 6.20. The van der Waals surface area contributed by atoms with Crippen LogP contribution >= 0.6 is 0 Å². The van der Waals surface area contributed by atoms with Crippen LogP contribution in [0.15, 0.2) is 18.5 Å². The molecule has 1 aromatic heterocycles. The largest absolute Gasteiger partial charge is 0.398 e. The summed E-state index contributed by atoms with van der Waals surface area (Å²) in [5.41, 5.74) is 7.78. The van der Waals surface area contributed by atoms with Crippen molar-refractivity contribution in [3.05, 3.63) is 24.0 Å². The van der Waals surface area contributed by atoms with Crippen LogP contribution in [0.25, 0.3) is 0 Å². The Labute approximate surface area is 109 Å². The highest BCUT2D eigenvalue weighted by molar-refractivity contribution is 5.44. The van der Waals surface area contributed by atoms with Crippen LogP contribution in [0.4, 0.5) is 5.69 Å². The molecule has 1 heterocycles. The van der Waals surface area contributed by atoms with E-state index in [2.05, 4.69) is 10.3 Å². The molecule has 18 heavy (non-hydrogen) atoms. The Hall–Kier alpha value is -1.17. The van der Waals surface area contributed by atoms with Crippen molar-refractivity contribution < 1.29 is 9.47 Å². The molecular weight excluding hydrogens is 230 g/mol. The van der Waals surface area contributed by atoms with Crippen LogP contribution in [0, 0.1) is 0 Å².